The van der Waals surface area contributed by atoms with Crippen LogP contribution in [0.5, 0.6) is 0 Å². The molecule has 0 amide bonds. The lowest BCUT2D eigenvalue weighted by molar-refractivity contribution is -0.167. The molecular formula is C74H130O6. The van der Waals surface area contributed by atoms with E-state index in [1.807, 2.05) is 0 Å². The Hall–Kier alpha value is -3.41. The van der Waals surface area contributed by atoms with E-state index in [4.69, 9.17) is 14.2 Å². The third-order valence-electron chi connectivity index (χ3n) is 15.1. The van der Waals surface area contributed by atoms with Crippen LogP contribution in [0.1, 0.15) is 348 Å². The summed E-state index contributed by atoms with van der Waals surface area (Å²) in [7, 11) is 0. The quantitative estimate of drug-likeness (QED) is 0.0261. The molecule has 0 aromatic rings. The minimum atomic E-state index is -0.795. The molecule has 0 aromatic carbocycles. The van der Waals surface area contributed by atoms with Gasteiger partial charge in [0.15, 0.2) is 6.10 Å². The van der Waals surface area contributed by atoms with E-state index in [1.165, 1.54) is 186 Å². The summed E-state index contributed by atoms with van der Waals surface area (Å²) in [6, 6.07) is 0. The molecule has 0 aliphatic carbocycles. The van der Waals surface area contributed by atoms with E-state index in [-0.39, 0.29) is 31.1 Å². The van der Waals surface area contributed by atoms with Gasteiger partial charge in [-0.15, -0.1) is 0 Å². The Balaban J connectivity index is 4.38. The molecule has 0 radical (unpaired) electrons. The van der Waals surface area contributed by atoms with E-state index in [9.17, 15) is 14.4 Å². The van der Waals surface area contributed by atoms with E-state index in [2.05, 4.69) is 106 Å². The summed E-state index contributed by atoms with van der Waals surface area (Å²) in [6.45, 7) is 6.53. The Kier molecular flexibility index (Phi) is 65.2. The molecule has 0 bridgehead atoms. The van der Waals surface area contributed by atoms with Crippen LogP contribution in [0.25, 0.3) is 0 Å². The molecule has 1 unspecified atom stereocenters. The summed E-state index contributed by atoms with van der Waals surface area (Å²) in [5, 5.41) is 0. The SMILES string of the molecule is CC/C=C\C/C=C\C/C=C\C/C=C\CCCCCCC(=O)OCC(COC(=O)CCCCCCCCCCCCCCCCCCCCCCCCCC)OC(=O)CCCCCCCC/C=C\C/C=C\C/C=C\CCCCCCC. The zero-order valence-corrected chi connectivity index (χ0v) is 53.1. The number of unbranched alkanes of at least 4 members (excludes halogenated alkanes) is 38. The highest BCUT2D eigenvalue weighted by molar-refractivity contribution is 5.71. The van der Waals surface area contributed by atoms with Gasteiger partial charge >= 0.3 is 17.9 Å². The number of allylic oxidation sites excluding steroid dienone is 14. The van der Waals surface area contributed by atoms with Crippen molar-refractivity contribution in [2.24, 2.45) is 0 Å². The molecule has 0 saturated carbocycles. The summed E-state index contributed by atoms with van der Waals surface area (Å²) in [6.07, 6.45) is 90.3. The molecular weight excluding hydrogens is 985 g/mol. The fourth-order valence-electron chi connectivity index (χ4n) is 9.97. The average Bonchev–Trinajstić information content (AvgIpc) is 3.46. The third-order valence-corrected chi connectivity index (χ3v) is 15.1. The van der Waals surface area contributed by atoms with Gasteiger partial charge in [-0.1, -0.05) is 318 Å². The molecule has 0 rings (SSSR count). The van der Waals surface area contributed by atoms with Gasteiger partial charge in [0, 0.05) is 19.3 Å². The number of esters is 3. The van der Waals surface area contributed by atoms with E-state index < -0.39 is 6.10 Å². The highest BCUT2D eigenvalue weighted by Crippen LogP contribution is 2.18. The minimum Gasteiger partial charge on any atom is -0.462 e. The Bertz CT molecular complexity index is 1520. The minimum absolute atomic E-state index is 0.0874. The summed E-state index contributed by atoms with van der Waals surface area (Å²) in [5.41, 5.74) is 0. The molecule has 0 aliphatic heterocycles. The summed E-state index contributed by atoms with van der Waals surface area (Å²) >= 11 is 0. The molecule has 0 aromatic heterocycles. The Morgan fingerprint density at radius 2 is 0.487 bits per heavy atom. The Labute approximate surface area is 496 Å². The smallest absolute Gasteiger partial charge is 0.306 e. The first kappa shape index (κ1) is 76.6. The van der Waals surface area contributed by atoms with Gasteiger partial charge in [-0.2, -0.15) is 0 Å². The lowest BCUT2D eigenvalue weighted by Gasteiger charge is -2.18. The second-order valence-electron chi connectivity index (χ2n) is 23.1. The predicted molar refractivity (Wildman–Crippen MR) is 348 cm³/mol. The fraction of sp³-hybridized carbons (Fsp3) is 0.770. The maximum Gasteiger partial charge on any atom is 0.306 e. The van der Waals surface area contributed by atoms with Crippen LogP contribution < -0.4 is 0 Å². The van der Waals surface area contributed by atoms with Crippen LogP contribution in [-0.4, -0.2) is 37.2 Å². The Morgan fingerprint density at radius 3 is 0.762 bits per heavy atom. The largest absolute Gasteiger partial charge is 0.462 e. The lowest BCUT2D eigenvalue weighted by atomic mass is 10.0. The van der Waals surface area contributed by atoms with Crippen molar-refractivity contribution in [1.82, 2.24) is 0 Å². The molecule has 0 N–H and O–H groups in total. The van der Waals surface area contributed by atoms with Gasteiger partial charge in [0.2, 0.25) is 0 Å². The van der Waals surface area contributed by atoms with Crippen molar-refractivity contribution >= 4 is 17.9 Å². The lowest BCUT2D eigenvalue weighted by Crippen LogP contribution is -2.30. The van der Waals surface area contributed by atoms with E-state index in [0.717, 1.165) is 122 Å². The van der Waals surface area contributed by atoms with Gasteiger partial charge in [0.1, 0.15) is 13.2 Å². The third kappa shape index (κ3) is 65.4. The average molecular weight is 1120 g/mol. The highest BCUT2D eigenvalue weighted by Gasteiger charge is 2.19. The number of carbonyl (C=O) groups is 3. The van der Waals surface area contributed by atoms with Gasteiger partial charge < -0.3 is 14.2 Å². The first-order valence-electron chi connectivity index (χ1n) is 34.6. The van der Waals surface area contributed by atoms with Crippen molar-refractivity contribution in [3.05, 3.63) is 85.1 Å². The van der Waals surface area contributed by atoms with Crippen LogP contribution >= 0.6 is 0 Å². The second kappa shape index (κ2) is 68.1. The van der Waals surface area contributed by atoms with Crippen molar-refractivity contribution in [2.75, 3.05) is 13.2 Å². The molecule has 6 heteroatoms. The second-order valence-corrected chi connectivity index (χ2v) is 23.1. The fourth-order valence-corrected chi connectivity index (χ4v) is 9.97. The summed E-state index contributed by atoms with van der Waals surface area (Å²) in [4.78, 5) is 38.4. The first-order valence-corrected chi connectivity index (χ1v) is 34.6. The molecule has 6 nitrogen and oxygen atoms in total. The normalized spacial score (nSPS) is 12.6. The maximum atomic E-state index is 12.9. The topological polar surface area (TPSA) is 78.9 Å². The van der Waals surface area contributed by atoms with E-state index in [0.29, 0.717) is 19.3 Å². The predicted octanol–water partition coefficient (Wildman–Crippen LogP) is 23.8. The van der Waals surface area contributed by atoms with Crippen LogP contribution in [0.3, 0.4) is 0 Å². The molecule has 0 fully saturated rings. The van der Waals surface area contributed by atoms with Gasteiger partial charge in [-0.05, 0) is 96.3 Å². The maximum absolute atomic E-state index is 12.9. The van der Waals surface area contributed by atoms with Crippen LogP contribution in [0.4, 0.5) is 0 Å². The van der Waals surface area contributed by atoms with Crippen LogP contribution in [-0.2, 0) is 28.6 Å². The van der Waals surface area contributed by atoms with Crippen molar-refractivity contribution in [1.29, 1.82) is 0 Å². The number of ether oxygens (including phenoxy) is 3. The monoisotopic (exact) mass is 1110 g/mol. The summed E-state index contributed by atoms with van der Waals surface area (Å²) < 4.78 is 17.0. The van der Waals surface area contributed by atoms with Crippen molar-refractivity contribution in [3.8, 4) is 0 Å². The van der Waals surface area contributed by atoms with Gasteiger partial charge in [0.25, 0.3) is 0 Å². The van der Waals surface area contributed by atoms with Crippen molar-refractivity contribution < 1.29 is 28.6 Å². The van der Waals surface area contributed by atoms with Gasteiger partial charge in [-0.25, -0.2) is 0 Å². The van der Waals surface area contributed by atoms with Gasteiger partial charge in [-0.3, -0.25) is 14.4 Å². The molecule has 0 saturated heterocycles. The van der Waals surface area contributed by atoms with E-state index in [1.54, 1.807) is 0 Å². The number of carbonyl (C=O) groups excluding carboxylic acids is 3. The zero-order chi connectivity index (χ0) is 57.8. The molecule has 1 atom stereocenters. The molecule has 0 aliphatic rings. The number of rotatable bonds is 63. The molecule has 462 valence electrons. The van der Waals surface area contributed by atoms with Crippen LogP contribution in [0.2, 0.25) is 0 Å². The molecule has 0 heterocycles. The molecule has 80 heavy (non-hydrogen) atoms. The van der Waals surface area contributed by atoms with Crippen molar-refractivity contribution in [2.45, 2.75) is 354 Å². The summed E-state index contributed by atoms with van der Waals surface area (Å²) in [5.74, 6) is -0.907. The highest BCUT2D eigenvalue weighted by atomic mass is 16.6. The van der Waals surface area contributed by atoms with Crippen LogP contribution in [0.15, 0.2) is 85.1 Å². The molecule has 0 spiro atoms. The Morgan fingerprint density at radius 1 is 0.263 bits per heavy atom. The first-order chi connectivity index (χ1) is 39.5. The standard InChI is InChI=1S/C74H130O6/c1-4-7-10-13-16-19-22-25-28-31-33-35-36-37-39-40-43-46-49-52-55-58-61-64-67-73(76)79-70-71(69-78-72(75)66-63-60-57-54-51-48-45-42-30-27-24-21-18-15-12-9-6-3)80-74(77)68-65-62-59-56-53-50-47-44-41-38-34-32-29-26-23-20-17-14-11-8-5-2/h9,12,18,21,23,26-27,30,32,34,41,44-45,48,71H,4-8,10-11,13-17,19-20,22,24-25,28-29,31,33,35-40,42-43,46-47,49-70H2,1-3H3/b12-9-,21-18-,26-23-,30-27-,34-32-,44-41-,48-45-. The zero-order valence-electron chi connectivity index (χ0n) is 53.1. The number of hydrogen-bond acceptors (Lipinski definition) is 6. The van der Waals surface area contributed by atoms with Gasteiger partial charge in [0.05, 0.1) is 0 Å². The van der Waals surface area contributed by atoms with Crippen LogP contribution in [0, 0.1) is 0 Å². The number of hydrogen-bond donors (Lipinski definition) is 0. The van der Waals surface area contributed by atoms with Crippen molar-refractivity contribution in [3.63, 3.8) is 0 Å². The van der Waals surface area contributed by atoms with E-state index >= 15 is 0 Å².